The Labute approximate surface area is 72.5 Å². The summed E-state index contributed by atoms with van der Waals surface area (Å²) in [6, 6.07) is 0. The molecule has 0 bridgehead atoms. The van der Waals surface area contributed by atoms with E-state index in [1.807, 2.05) is 5.97 Å². The topological polar surface area (TPSA) is 0 Å². The van der Waals surface area contributed by atoms with Gasteiger partial charge < -0.3 is 0 Å². The summed E-state index contributed by atoms with van der Waals surface area (Å²) >= 11 is 0. The molecule has 0 amide bonds. The molecule has 0 N–H and O–H groups in total. The molecule has 0 aromatic heterocycles. The first kappa shape index (κ1) is 10.9. The van der Waals surface area contributed by atoms with Crippen LogP contribution in [-0.4, -0.2) is 13.5 Å². The van der Waals surface area contributed by atoms with Gasteiger partial charge >= 0.3 is 71.7 Å². The van der Waals surface area contributed by atoms with Crippen LogP contribution >= 0.6 is 0 Å². The summed E-state index contributed by atoms with van der Waals surface area (Å²) in [4.78, 5) is 0. The molecule has 1 unspecified atom stereocenters. The Kier molecular flexibility index (Phi) is 7.99. The molecule has 0 saturated carbocycles. The van der Waals surface area contributed by atoms with E-state index < -0.39 is 0 Å². The van der Waals surface area contributed by atoms with E-state index in [4.69, 9.17) is 0 Å². The Morgan fingerprint density at radius 1 is 1.27 bits per heavy atom. The molecule has 0 aromatic carbocycles. The van der Waals surface area contributed by atoms with Crippen molar-refractivity contribution < 1.29 is 0 Å². The Bertz CT molecular complexity index is 88.9. The molecule has 0 radical (unpaired) electrons. The van der Waals surface area contributed by atoms with Crippen LogP contribution in [0.4, 0.5) is 0 Å². The van der Waals surface area contributed by atoms with Gasteiger partial charge in [-0.3, -0.25) is 0 Å². The van der Waals surface area contributed by atoms with Crippen LogP contribution in [0.5, 0.6) is 0 Å². The zero-order chi connectivity index (χ0) is 8.53. The molecule has 0 spiro atoms. The predicted molar refractivity (Wildman–Crippen MR) is 55.8 cm³/mol. The fourth-order valence-electron chi connectivity index (χ4n) is 1.16. The van der Waals surface area contributed by atoms with Gasteiger partial charge in [0.05, 0.1) is 0 Å². The quantitative estimate of drug-likeness (QED) is 0.388. The SMILES string of the molecule is B=CCCCCCC(C)CC. The van der Waals surface area contributed by atoms with Crippen LogP contribution in [0.1, 0.15) is 52.4 Å². The third kappa shape index (κ3) is 7.84. The predicted octanol–water partition coefficient (Wildman–Crippen LogP) is 2.69. The van der Waals surface area contributed by atoms with E-state index in [2.05, 4.69) is 21.3 Å². The normalized spacial score (nSPS) is 12.8. The molecule has 0 aromatic rings. The molecule has 0 nitrogen and oxygen atoms in total. The summed E-state index contributed by atoms with van der Waals surface area (Å²) in [7, 11) is 3.71. The third-order valence-corrected chi connectivity index (χ3v) is 2.30. The van der Waals surface area contributed by atoms with Gasteiger partial charge in [0, 0.05) is 0 Å². The van der Waals surface area contributed by atoms with E-state index in [0.717, 1.165) is 5.92 Å². The first-order valence-corrected chi connectivity index (χ1v) is 4.92. The Morgan fingerprint density at radius 2 is 2.00 bits per heavy atom. The van der Waals surface area contributed by atoms with Gasteiger partial charge in [0.1, 0.15) is 0 Å². The van der Waals surface area contributed by atoms with Crippen LogP contribution < -0.4 is 0 Å². The van der Waals surface area contributed by atoms with Crippen molar-refractivity contribution in [2.75, 3.05) is 0 Å². The number of hydrogen-bond donors (Lipinski definition) is 0. The van der Waals surface area contributed by atoms with Gasteiger partial charge in [0.25, 0.3) is 0 Å². The van der Waals surface area contributed by atoms with Crippen molar-refractivity contribution >= 4 is 13.5 Å². The van der Waals surface area contributed by atoms with Gasteiger partial charge in [-0.2, -0.15) is 0 Å². The van der Waals surface area contributed by atoms with Gasteiger partial charge in [0.15, 0.2) is 0 Å². The van der Waals surface area contributed by atoms with Crippen molar-refractivity contribution in [2.24, 2.45) is 5.92 Å². The van der Waals surface area contributed by atoms with E-state index in [0.29, 0.717) is 0 Å². The second kappa shape index (κ2) is 8.04. The zero-order valence-electron chi connectivity index (χ0n) is 8.10. The first-order chi connectivity index (χ1) is 5.31. The van der Waals surface area contributed by atoms with E-state index in [-0.39, 0.29) is 0 Å². The number of unbranched alkanes of at least 4 members (excludes halogenated alkanes) is 3. The molecule has 1 heteroatoms. The Morgan fingerprint density at radius 3 is 2.55 bits per heavy atom. The van der Waals surface area contributed by atoms with Crippen molar-refractivity contribution in [3.05, 3.63) is 0 Å². The first-order valence-electron chi connectivity index (χ1n) is 4.92. The van der Waals surface area contributed by atoms with Gasteiger partial charge in [0.2, 0.25) is 0 Å². The summed E-state index contributed by atoms with van der Waals surface area (Å²) in [5, 5.41) is 0. The minimum atomic E-state index is 0.929. The van der Waals surface area contributed by atoms with Crippen LogP contribution in [-0.2, 0) is 0 Å². The van der Waals surface area contributed by atoms with E-state index in [9.17, 15) is 0 Å². The van der Waals surface area contributed by atoms with Crippen molar-refractivity contribution in [1.29, 1.82) is 0 Å². The molecule has 11 heavy (non-hydrogen) atoms. The van der Waals surface area contributed by atoms with Crippen LogP contribution in [0.25, 0.3) is 0 Å². The van der Waals surface area contributed by atoms with Crippen molar-refractivity contribution in [1.82, 2.24) is 0 Å². The molecule has 0 aliphatic rings. The molecule has 64 valence electrons. The maximum absolute atomic E-state index is 3.71. The van der Waals surface area contributed by atoms with E-state index in [1.54, 1.807) is 0 Å². The standard InChI is InChI=1S/C10H21B/c1-3-10(2)8-6-4-5-7-9-11/h9-11H,3-8H2,1-2H3. The van der Waals surface area contributed by atoms with Gasteiger partial charge in [-0.15, -0.1) is 0 Å². The molecular formula is C10H21B. The number of hydrogen-bond acceptors (Lipinski definition) is 0. The molecular weight excluding hydrogens is 131 g/mol. The number of rotatable bonds is 7. The summed E-state index contributed by atoms with van der Waals surface area (Å²) in [5.41, 5.74) is 0. The van der Waals surface area contributed by atoms with Gasteiger partial charge in [-0.05, 0) is 0 Å². The summed E-state index contributed by atoms with van der Waals surface area (Å²) < 4.78 is 0. The van der Waals surface area contributed by atoms with Crippen molar-refractivity contribution in [2.45, 2.75) is 52.4 Å². The monoisotopic (exact) mass is 152 g/mol. The van der Waals surface area contributed by atoms with Gasteiger partial charge in [-0.25, -0.2) is 0 Å². The summed E-state index contributed by atoms with van der Waals surface area (Å²) in [6.07, 6.45) is 8.06. The van der Waals surface area contributed by atoms with Crippen LogP contribution in [0.15, 0.2) is 0 Å². The molecule has 0 rings (SSSR count). The summed E-state index contributed by atoms with van der Waals surface area (Å²) in [6.45, 7) is 4.61. The molecule has 0 heterocycles. The Balaban J connectivity index is 2.95. The third-order valence-electron chi connectivity index (χ3n) is 2.30. The van der Waals surface area contributed by atoms with E-state index in [1.165, 1.54) is 38.5 Å². The maximum atomic E-state index is 3.71. The van der Waals surface area contributed by atoms with Crippen LogP contribution in [0.3, 0.4) is 0 Å². The molecule has 0 aliphatic heterocycles. The fourth-order valence-corrected chi connectivity index (χ4v) is 1.16. The van der Waals surface area contributed by atoms with Gasteiger partial charge in [-0.1, -0.05) is 0 Å². The molecule has 0 fully saturated rings. The zero-order valence-corrected chi connectivity index (χ0v) is 8.10. The second-order valence-electron chi connectivity index (χ2n) is 3.44. The Hall–Kier alpha value is -0.0651. The minimum absolute atomic E-state index is 0.929. The molecule has 0 saturated heterocycles. The van der Waals surface area contributed by atoms with Crippen molar-refractivity contribution in [3.63, 3.8) is 0 Å². The average Bonchev–Trinajstić information content (AvgIpc) is 2.04. The molecule has 0 aliphatic carbocycles. The second-order valence-corrected chi connectivity index (χ2v) is 3.44. The fraction of sp³-hybridized carbons (Fsp3) is 0.900. The van der Waals surface area contributed by atoms with Crippen LogP contribution in [0.2, 0.25) is 0 Å². The average molecular weight is 152 g/mol. The summed E-state index contributed by atoms with van der Waals surface area (Å²) in [5.74, 6) is 2.95. The van der Waals surface area contributed by atoms with E-state index >= 15 is 0 Å². The molecule has 1 atom stereocenters. The van der Waals surface area contributed by atoms with Crippen molar-refractivity contribution in [3.8, 4) is 0 Å². The van der Waals surface area contributed by atoms with Crippen LogP contribution in [0, 0.1) is 5.92 Å².